The Morgan fingerprint density at radius 3 is 2.16 bits per heavy atom. The standard InChI is InChI=1S/C9H16O2.C6H5FO/c1-7-3-5-8(6-4-7)9(10)11-2;7-5-1-3-6(8)4-2-5/h7-8H,3-6H2,1-2H3;1-4,8H. The second kappa shape index (κ2) is 7.77. The lowest BCUT2D eigenvalue weighted by molar-refractivity contribution is -0.146. The van der Waals surface area contributed by atoms with Gasteiger partial charge in [-0.25, -0.2) is 4.39 Å². The van der Waals surface area contributed by atoms with Crippen LogP contribution in [0.3, 0.4) is 0 Å². The largest absolute Gasteiger partial charge is 0.508 e. The minimum atomic E-state index is -0.331. The zero-order chi connectivity index (χ0) is 14.3. The highest BCUT2D eigenvalue weighted by Crippen LogP contribution is 2.28. The van der Waals surface area contributed by atoms with Gasteiger partial charge in [0.1, 0.15) is 11.6 Å². The number of methoxy groups -OCH3 is 1. The molecule has 1 aliphatic carbocycles. The summed E-state index contributed by atoms with van der Waals surface area (Å²) in [6.07, 6.45) is 4.40. The number of carbonyl (C=O) groups is 1. The molecule has 1 fully saturated rings. The number of halogens is 1. The van der Waals surface area contributed by atoms with E-state index in [0.717, 1.165) is 18.8 Å². The number of esters is 1. The summed E-state index contributed by atoms with van der Waals surface area (Å²) >= 11 is 0. The van der Waals surface area contributed by atoms with Gasteiger partial charge >= 0.3 is 5.97 Å². The third-order valence-corrected chi connectivity index (χ3v) is 3.38. The van der Waals surface area contributed by atoms with E-state index in [1.54, 1.807) is 0 Å². The fourth-order valence-electron chi connectivity index (χ4n) is 2.10. The van der Waals surface area contributed by atoms with Gasteiger partial charge < -0.3 is 9.84 Å². The molecule has 0 radical (unpaired) electrons. The van der Waals surface area contributed by atoms with E-state index in [2.05, 4.69) is 11.7 Å². The molecule has 1 aromatic rings. The van der Waals surface area contributed by atoms with Gasteiger partial charge in [0.15, 0.2) is 0 Å². The molecule has 0 bridgehead atoms. The summed E-state index contributed by atoms with van der Waals surface area (Å²) in [5.74, 6) is 0.734. The number of carbonyl (C=O) groups excluding carboxylic acids is 1. The van der Waals surface area contributed by atoms with E-state index in [-0.39, 0.29) is 23.5 Å². The van der Waals surface area contributed by atoms with E-state index in [0.29, 0.717) is 0 Å². The van der Waals surface area contributed by atoms with Crippen LogP contribution >= 0.6 is 0 Å². The molecule has 1 N–H and O–H groups in total. The van der Waals surface area contributed by atoms with Crippen molar-refractivity contribution >= 4 is 5.97 Å². The molecule has 0 amide bonds. The predicted octanol–water partition coefficient (Wildman–Crippen LogP) is 3.52. The molecule has 3 nitrogen and oxygen atoms in total. The first-order valence-electron chi connectivity index (χ1n) is 6.55. The van der Waals surface area contributed by atoms with E-state index in [1.807, 2.05) is 0 Å². The van der Waals surface area contributed by atoms with E-state index in [4.69, 9.17) is 5.11 Å². The molecule has 0 aliphatic heterocycles. The monoisotopic (exact) mass is 268 g/mol. The minimum Gasteiger partial charge on any atom is -0.508 e. The van der Waals surface area contributed by atoms with Crippen molar-refractivity contribution in [3.8, 4) is 5.75 Å². The zero-order valence-electron chi connectivity index (χ0n) is 11.4. The molecule has 1 aromatic carbocycles. The van der Waals surface area contributed by atoms with Gasteiger partial charge in [-0.15, -0.1) is 0 Å². The summed E-state index contributed by atoms with van der Waals surface area (Å²) < 4.78 is 16.7. The molecule has 106 valence electrons. The summed E-state index contributed by atoms with van der Waals surface area (Å²) in [5, 5.41) is 8.59. The van der Waals surface area contributed by atoms with Crippen molar-refractivity contribution in [2.24, 2.45) is 11.8 Å². The molecule has 19 heavy (non-hydrogen) atoms. The number of hydrogen-bond acceptors (Lipinski definition) is 3. The number of phenols is 1. The van der Waals surface area contributed by atoms with Gasteiger partial charge in [-0.2, -0.15) is 0 Å². The molecule has 0 saturated heterocycles. The van der Waals surface area contributed by atoms with Crippen molar-refractivity contribution in [1.29, 1.82) is 0 Å². The molecular formula is C15H21FO3. The highest BCUT2D eigenvalue weighted by molar-refractivity contribution is 5.72. The van der Waals surface area contributed by atoms with Crippen LogP contribution in [0.2, 0.25) is 0 Å². The third kappa shape index (κ3) is 5.73. The fraction of sp³-hybridized carbons (Fsp3) is 0.533. The second-order valence-corrected chi connectivity index (χ2v) is 4.96. The van der Waals surface area contributed by atoms with Crippen LogP contribution in [-0.4, -0.2) is 18.2 Å². The minimum absolute atomic E-state index is 0.0168. The Morgan fingerprint density at radius 1 is 1.21 bits per heavy atom. The quantitative estimate of drug-likeness (QED) is 0.793. The Kier molecular flexibility index (Phi) is 6.33. The zero-order valence-corrected chi connectivity index (χ0v) is 11.4. The first-order chi connectivity index (χ1) is 9.02. The van der Waals surface area contributed by atoms with E-state index >= 15 is 0 Å². The summed E-state index contributed by atoms with van der Waals surface area (Å²) in [6.45, 7) is 2.24. The van der Waals surface area contributed by atoms with Gasteiger partial charge in [0.25, 0.3) is 0 Å². The summed E-state index contributed by atoms with van der Waals surface area (Å²) in [4.78, 5) is 11.1. The lowest BCUT2D eigenvalue weighted by Crippen LogP contribution is -2.21. The predicted molar refractivity (Wildman–Crippen MR) is 71.2 cm³/mol. The fourth-order valence-corrected chi connectivity index (χ4v) is 2.10. The molecule has 0 atom stereocenters. The molecule has 0 unspecified atom stereocenters. The first-order valence-corrected chi connectivity index (χ1v) is 6.55. The van der Waals surface area contributed by atoms with Gasteiger partial charge in [0, 0.05) is 0 Å². The summed E-state index contributed by atoms with van der Waals surface area (Å²) in [6, 6.07) is 5.01. The number of aromatic hydroxyl groups is 1. The topological polar surface area (TPSA) is 46.5 Å². The lowest BCUT2D eigenvalue weighted by Gasteiger charge is -2.23. The maximum Gasteiger partial charge on any atom is 0.308 e. The van der Waals surface area contributed by atoms with Gasteiger partial charge in [-0.05, 0) is 55.9 Å². The normalized spacial score (nSPS) is 22.1. The number of benzene rings is 1. The lowest BCUT2D eigenvalue weighted by atomic mass is 9.83. The Bertz CT molecular complexity index is 360. The molecule has 1 aliphatic rings. The van der Waals surface area contributed by atoms with E-state index < -0.39 is 0 Å². The van der Waals surface area contributed by atoms with Crippen molar-refractivity contribution in [2.75, 3.05) is 7.11 Å². The first kappa shape index (κ1) is 15.5. The van der Waals surface area contributed by atoms with Gasteiger partial charge in [-0.3, -0.25) is 4.79 Å². The van der Waals surface area contributed by atoms with Gasteiger partial charge in [0.2, 0.25) is 0 Å². The second-order valence-electron chi connectivity index (χ2n) is 4.96. The summed E-state index contributed by atoms with van der Waals surface area (Å²) in [5.41, 5.74) is 0. The molecule has 2 rings (SSSR count). The van der Waals surface area contributed by atoms with Crippen LogP contribution in [0.5, 0.6) is 5.75 Å². The SMILES string of the molecule is COC(=O)C1CCC(C)CC1.Oc1ccc(F)cc1. The summed E-state index contributed by atoms with van der Waals surface area (Å²) in [7, 11) is 1.47. The van der Waals surface area contributed by atoms with Crippen molar-refractivity contribution in [1.82, 2.24) is 0 Å². The molecule has 0 spiro atoms. The van der Waals surface area contributed by atoms with Crippen LogP contribution in [0.25, 0.3) is 0 Å². The van der Waals surface area contributed by atoms with Crippen molar-refractivity contribution in [3.63, 3.8) is 0 Å². The number of rotatable bonds is 1. The van der Waals surface area contributed by atoms with Crippen LogP contribution in [0.1, 0.15) is 32.6 Å². The average Bonchev–Trinajstić information content (AvgIpc) is 2.43. The Balaban J connectivity index is 0.000000200. The highest BCUT2D eigenvalue weighted by atomic mass is 19.1. The van der Waals surface area contributed by atoms with Crippen LogP contribution in [0.15, 0.2) is 24.3 Å². The third-order valence-electron chi connectivity index (χ3n) is 3.38. The van der Waals surface area contributed by atoms with Crippen LogP contribution in [0, 0.1) is 17.7 Å². The molecule has 0 heterocycles. The van der Waals surface area contributed by atoms with Gasteiger partial charge in [-0.1, -0.05) is 6.92 Å². The highest BCUT2D eigenvalue weighted by Gasteiger charge is 2.24. The van der Waals surface area contributed by atoms with E-state index in [1.165, 1.54) is 44.2 Å². The Morgan fingerprint density at radius 2 is 1.74 bits per heavy atom. The Hall–Kier alpha value is -1.58. The van der Waals surface area contributed by atoms with Crippen molar-refractivity contribution < 1.29 is 19.0 Å². The smallest absolute Gasteiger partial charge is 0.308 e. The molecule has 4 heteroatoms. The van der Waals surface area contributed by atoms with Crippen LogP contribution < -0.4 is 0 Å². The van der Waals surface area contributed by atoms with Crippen molar-refractivity contribution in [2.45, 2.75) is 32.6 Å². The van der Waals surface area contributed by atoms with E-state index in [9.17, 15) is 9.18 Å². The molecule has 0 aromatic heterocycles. The molecule has 1 saturated carbocycles. The molecular weight excluding hydrogens is 247 g/mol. The maximum atomic E-state index is 12.0. The van der Waals surface area contributed by atoms with Crippen LogP contribution in [0.4, 0.5) is 4.39 Å². The Labute approximate surface area is 113 Å². The van der Waals surface area contributed by atoms with Gasteiger partial charge in [0.05, 0.1) is 13.0 Å². The van der Waals surface area contributed by atoms with Crippen LogP contribution in [-0.2, 0) is 9.53 Å². The van der Waals surface area contributed by atoms with Crippen molar-refractivity contribution in [3.05, 3.63) is 30.1 Å². The average molecular weight is 268 g/mol. The number of hydrogen-bond donors (Lipinski definition) is 1. The number of ether oxygens (including phenoxy) is 1. The maximum absolute atomic E-state index is 12.0. The number of phenolic OH excluding ortho intramolecular Hbond substituents is 1.